The van der Waals surface area contributed by atoms with Crippen LogP contribution in [0, 0.1) is 20.8 Å². The molecule has 5 nitrogen and oxygen atoms in total. The fraction of sp³-hybridized carbons (Fsp3) is 0.375. The lowest BCUT2D eigenvalue weighted by atomic mass is 10.0. The maximum absolute atomic E-state index is 13.2. The van der Waals surface area contributed by atoms with Gasteiger partial charge in [0.15, 0.2) is 0 Å². The summed E-state index contributed by atoms with van der Waals surface area (Å²) in [6.07, 6.45) is 1.34. The van der Waals surface area contributed by atoms with Crippen LogP contribution >= 0.6 is 0 Å². The molecule has 1 atom stereocenters. The molecule has 0 N–H and O–H groups in total. The number of fused-ring (bicyclic) bond motifs is 1. The third kappa shape index (κ3) is 5.00. The number of rotatable bonds is 8. The molecule has 1 aliphatic heterocycles. The van der Waals surface area contributed by atoms with Crippen LogP contribution in [0.1, 0.15) is 66.6 Å². The minimum Gasteiger partial charge on any atom is -0.493 e. The first kappa shape index (κ1) is 25.1. The highest BCUT2D eigenvalue weighted by molar-refractivity contribution is 5.98. The minimum absolute atomic E-state index is 0.0594. The van der Waals surface area contributed by atoms with Crippen molar-refractivity contribution >= 4 is 22.6 Å². The van der Waals surface area contributed by atoms with E-state index in [4.69, 9.17) is 9.72 Å². The van der Waals surface area contributed by atoms with Crippen molar-refractivity contribution in [3.8, 4) is 5.75 Å². The fourth-order valence-electron chi connectivity index (χ4n) is 5.62. The van der Waals surface area contributed by atoms with Gasteiger partial charge in [-0.05, 0) is 73.6 Å². The predicted octanol–water partition coefficient (Wildman–Crippen LogP) is 7.07. The van der Waals surface area contributed by atoms with Crippen LogP contribution in [-0.4, -0.2) is 28.6 Å². The number of aryl methyl sites for hydroxylation is 4. The van der Waals surface area contributed by atoms with E-state index < -0.39 is 0 Å². The number of hydrogen-bond acceptors (Lipinski definition) is 3. The number of carbonyl (C=O) groups excluding carboxylic acids is 1. The zero-order chi connectivity index (χ0) is 26.1. The Kier molecular flexibility index (Phi) is 7.05. The van der Waals surface area contributed by atoms with E-state index in [1.165, 1.54) is 11.1 Å². The van der Waals surface area contributed by atoms with Crippen molar-refractivity contribution < 1.29 is 9.53 Å². The van der Waals surface area contributed by atoms with Crippen molar-refractivity contribution in [2.75, 3.05) is 18.1 Å². The molecule has 2 heterocycles. The molecule has 3 aromatic carbocycles. The maximum atomic E-state index is 13.2. The van der Waals surface area contributed by atoms with E-state index in [0.29, 0.717) is 25.5 Å². The van der Waals surface area contributed by atoms with Gasteiger partial charge in [-0.2, -0.15) is 0 Å². The Morgan fingerprint density at radius 3 is 2.51 bits per heavy atom. The van der Waals surface area contributed by atoms with Gasteiger partial charge in [0.25, 0.3) is 0 Å². The summed E-state index contributed by atoms with van der Waals surface area (Å²) in [5, 5.41) is 0. The monoisotopic (exact) mass is 495 g/mol. The Morgan fingerprint density at radius 1 is 1.00 bits per heavy atom. The van der Waals surface area contributed by atoms with Crippen molar-refractivity contribution in [3.05, 3.63) is 88.7 Å². The van der Waals surface area contributed by atoms with Crippen molar-refractivity contribution in [1.82, 2.24) is 9.55 Å². The molecule has 0 bridgehead atoms. The molecule has 37 heavy (non-hydrogen) atoms. The van der Waals surface area contributed by atoms with Crippen LogP contribution in [0.15, 0.2) is 60.7 Å². The second-order valence-corrected chi connectivity index (χ2v) is 10.7. The van der Waals surface area contributed by atoms with Crippen LogP contribution in [0.25, 0.3) is 11.0 Å². The van der Waals surface area contributed by atoms with Gasteiger partial charge in [-0.25, -0.2) is 4.98 Å². The molecule has 192 valence electrons. The average Bonchev–Trinajstić information content (AvgIpc) is 3.42. The number of nitrogens with zero attached hydrogens (tertiary/aromatic N) is 3. The summed E-state index contributed by atoms with van der Waals surface area (Å²) in [6.45, 7) is 12.8. The SMILES string of the molecule is Cc1ccc(C(C)C)c(OCCCn2c(C3CC(=O)N(c4c(C)cccc4C)C3)nc3ccccc32)c1. The Labute approximate surface area is 220 Å². The number of carbonyl (C=O) groups is 1. The van der Waals surface area contributed by atoms with Crippen molar-refractivity contribution in [1.29, 1.82) is 0 Å². The largest absolute Gasteiger partial charge is 0.493 e. The van der Waals surface area contributed by atoms with E-state index in [1.807, 2.05) is 11.0 Å². The number of hydrogen-bond donors (Lipinski definition) is 0. The van der Waals surface area contributed by atoms with Gasteiger partial charge in [0.2, 0.25) is 5.91 Å². The summed E-state index contributed by atoms with van der Waals surface area (Å²) in [5.74, 6) is 2.63. The molecule has 0 aliphatic carbocycles. The number of imidazole rings is 1. The van der Waals surface area contributed by atoms with E-state index in [9.17, 15) is 4.79 Å². The molecule has 1 aromatic heterocycles. The van der Waals surface area contributed by atoms with Gasteiger partial charge in [-0.15, -0.1) is 0 Å². The minimum atomic E-state index is 0.0594. The Morgan fingerprint density at radius 2 is 1.76 bits per heavy atom. The van der Waals surface area contributed by atoms with Gasteiger partial charge in [0, 0.05) is 31.1 Å². The zero-order valence-electron chi connectivity index (χ0n) is 22.6. The van der Waals surface area contributed by atoms with Crippen molar-refractivity contribution in [2.45, 2.75) is 65.8 Å². The van der Waals surface area contributed by atoms with Gasteiger partial charge in [-0.3, -0.25) is 4.79 Å². The quantitative estimate of drug-likeness (QED) is 0.246. The van der Waals surface area contributed by atoms with Crippen LogP contribution in [0.5, 0.6) is 5.75 Å². The molecule has 5 rings (SSSR count). The molecular weight excluding hydrogens is 458 g/mol. The first-order chi connectivity index (χ1) is 17.8. The third-order valence-corrected chi connectivity index (χ3v) is 7.46. The highest BCUT2D eigenvalue weighted by atomic mass is 16.5. The highest BCUT2D eigenvalue weighted by Crippen LogP contribution is 2.36. The van der Waals surface area contributed by atoms with E-state index >= 15 is 0 Å². The smallest absolute Gasteiger partial charge is 0.227 e. The van der Waals surface area contributed by atoms with Gasteiger partial charge in [0.1, 0.15) is 11.6 Å². The Hall–Kier alpha value is -3.60. The summed E-state index contributed by atoms with van der Waals surface area (Å²) in [7, 11) is 0. The first-order valence-corrected chi connectivity index (χ1v) is 13.4. The van der Waals surface area contributed by atoms with Gasteiger partial charge in [-0.1, -0.05) is 56.3 Å². The predicted molar refractivity (Wildman–Crippen MR) is 151 cm³/mol. The number of para-hydroxylation sites is 3. The summed E-state index contributed by atoms with van der Waals surface area (Å²) in [5.41, 5.74) is 7.88. The van der Waals surface area contributed by atoms with Crippen LogP contribution in [0.4, 0.5) is 5.69 Å². The summed E-state index contributed by atoms with van der Waals surface area (Å²) in [4.78, 5) is 20.2. The van der Waals surface area contributed by atoms with Crippen LogP contribution in [0.2, 0.25) is 0 Å². The van der Waals surface area contributed by atoms with Gasteiger partial charge < -0.3 is 14.2 Å². The van der Waals surface area contributed by atoms with Crippen molar-refractivity contribution in [2.24, 2.45) is 0 Å². The number of aromatic nitrogens is 2. The average molecular weight is 496 g/mol. The fourth-order valence-corrected chi connectivity index (χ4v) is 5.62. The summed E-state index contributed by atoms with van der Waals surface area (Å²) >= 11 is 0. The normalized spacial score (nSPS) is 15.8. The first-order valence-electron chi connectivity index (χ1n) is 13.4. The molecule has 0 spiro atoms. The zero-order valence-corrected chi connectivity index (χ0v) is 22.6. The molecule has 1 fully saturated rings. The van der Waals surface area contributed by atoms with E-state index in [2.05, 4.69) is 93.8 Å². The molecule has 1 saturated heterocycles. The molecule has 4 aromatic rings. The second kappa shape index (κ2) is 10.4. The van der Waals surface area contributed by atoms with Gasteiger partial charge in [0.05, 0.1) is 17.6 Å². The number of anilines is 1. The second-order valence-electron chi connectivity index (χ2n) is 10.7. The van der Waals surface area contributed by atoms with Gasteiger partial charge >= 0.3 is 0 Å². The Balaban J connectivity index is 1.36. The topological polar surface area (TPSA) is 47.4 Å². The van der Waals surface area contributed by atoms with E-state index in [-0.39, 0.29) is 11.8 Å². The number of benzene rings is 3. The lowest BCUT2D eigenvalue weighted by Gasteiger charge is -2.21. The molecule has 1 aliphatic rings. The molecule has 0 radical (unpaired) electrons. The summed E-state index contributed by atoms with van der Waals surface area (Å²) in [6, 6.07) is 21.0. The molecule has 0 saturated carbocycles. The third-order valence-electron chi connectivity index (χ3n) is 7.46. The van der Waals surface area contributed by atoms with Crippen LogP contribution < -0.4 is 9.64 Å². The molecular formula is C32H37N3O2. The standard InChI is InChI=1S/C32H37N3O2/c1-21(2)26-15-14-22(3)18-29(26)37-17-9-16-34-28-13-7-6-12-27(28)33-32(34)25-19-30(36)35(20-25)31-23(4)10-8-11-24(31)5/h6-8,10-15,18,21,25H,9,16-17,19-20H2,1-5H3. The molecule has 1 amide bonds. The van der Waals surface area contributed by atoms with Crippen molar-refractivity contribution in [3.63, 3.8) is 0 Å². The summed E-state index contributed by atoms with van der Waals surface area (Å²) < 4.78 is 8.59. The number of ether oxygens (including phenoxy) is 1. The molecule has 5 heteroatoms. The lowest BCUT2D eigenvalue weighted by molar-refractivity contribution is -0.117. The lowest BCUT2D eigenvalue weighted by Crippen LogP contribution is -2.26. The highest BCUT2D eigenvalue weighted by Gasteiger charge is 2.35. The van der Waals surface area contributed by atoms with Crippen LogP contribution in [0.3, 0.4) is 0 Å². The number of amides is 1. The van der Waals surface area contributed by atoms with Crippen LogP contribution in [-0.2, 0) is 11.3 Å². The molecule has 1 unspecified atom stereocenters. The van der Waals surface area contributed by atoms with E-state index in [1.54, 1.807) is 0 Å². The maximum Gasteiger partial charge on any atom is 0.227 e. The Bertz CT molecular complexity index is 1420. The van der Waals surface area contributed by atoms with E-state index in [0.717, 1.165) is 52.4 Å².